The Morgan fingerprint density at radius 1 is 1.21 bits per heavy atom. The zero-order valence-electron chi connectivity index (χ0n) is 16.2. The predicted molar refractivity (Wildman–Crippen MR) is 104 cm³/mol. The number of hydrogen-bond acceptors (Lipinski definition) is 7. The van der Waals surface area contributed by atoms with E-state index < -0.39 is 39.3 Å². The monoisotopic (exact) mass is 424 g/mol. The van der Waals surface area contributed by atoms with Gasteiger partial charge in [0.15, 0.2) is 16.4 Å². The Morgan fingerprint density at radius 3 is 2.48 bits per heavy atom. The molecule has 158 valence electrons. The average molecular weight is 424 g/mol. The van der Waals surface area contributed by atoms with Gasteiger partial charge in [0.1, 0.15) is 5.56 Å². The SMILES string of the molecule is Cc1cccc(C(=O)OCC(=O)N(C2CCCC2)C2CCS(=O)(=O)C2)c1[N+](=O)[O-]. The van der Waals surface area contributed by atoms with E-state index in [0.29, 0.717) is 12.0 Å². The zero-order valence-corrected chi connectivity index (χ0v) is 17.0. The summed E-state index contributed by atoms with van der Waals surface area (Å²) in [4.78, 5) is 37.5. The van der Waals surface area contributed by atoms with Crippen molar-refractivity contribution in [1.29, 1.82) is 0 Å². The number of nitro benzene ring substituents is 1. The molecule has 1 aliphatic heterocycles. The highest BCUT2D eigenvalue weighted by molar-refractivity contribution is 7.91. The van der Waals surface area contributed by atoms with Crippen molar-refractivity contribution in [2.45, 2.75) is 51.1 Å². The van der Waals surface area contributed by atoms with Crippen molar-refractivity contribution in [2.24, 2.45) is 0 Å². The molecule has 1 saturated carbocycles. The summed E-state index contributed by atoms with van der Waals surface area (Å²) in [5, 5.41) is 11.3. The summed E-state index contributed by atoms with van der Waals surface area (Å²) in [6.07, 6.45) is 3.88. The molecule has 1 atom stereocenters. The van der Waals surface area contributed by atoms with E-state index in [4.69, 9.17) is 4.74 Å². The van der Waals surface area contributed by atoms with E-state index in [1.165, 1.54) is 25.1 Å². The quantitative estimate of drug-likeness (QED) is 0.389. The average Bonchev–Trinajstić information content (AvgIpc) is 3.29. The Bertz CT molecular complexity index is 922. The molecule has 1 amide bonds. The van der Waals surface area contributed by atoms with Crippen LogP contribution in [0.2, 0.25) is 0 Å². The van der Waals surface area contributed by atoms with E-state index in [0.717, 1.165) is 25.7 Å². The maximum atomic E-state index is 12.9. The number of hydrogen-bond donors (Lipinski definition) is 0. The van der Waals surface area contributed by atoms with Crippen molar-refractivity contribution in [3.8, 4) is 0 Å². The van der Waals surface area contributed by atoms with Gasteiger partial charge in [-0.2, -0.15) is 0 Å². The molecule has 0 N–H and O–H groups in total. The van der Waals surface area contributed by atoms with Crippen molar-refractivity contribution in [3.05, 3.63) is 39.4 Å². The third-order valence-corrected chi connectivity index (χ3v) is 7.33. The highest BCUT2D eigenvalue weighted by Crippen LogP contribution is 2.29. The van der Waals surface area contributed by atoms with Crippen molar-refractivity contribution in [1.82, 2.24) is 4.90 Å². The number of carbonyl (C=O) groups excluding carboxylic acids is 2. The number of benzene rings is 1. The molecule has 1 saturated heterocycles. The van der Waals surface area contributed by atoms with Crippen LogP contribution >= 0.6 is 0 Å². The van der Waals surface area contributed by atoms with E-state index in [1.807, 2.05) is 0 Å². The third-order valence-electron chi connectivity index (χ3n) is 5.57. The second-order valence-electron chi connectivity index (χ2n) is 7.60. The molecular weight excluding hydrogens is 400 g/mol. The van der Waals surface area contributed by atoms with Gasteiger partial charge in [-0.3, -0.25) is 14.9 Å². The topological polar surface area (TPSA) is 124 Å². The molecule has 29 heavy (non-hydrogen) atoms. The number of para-hydroxylation sites is 1. The summed E-state index contributed by atoms with van der Waals surface area (Å²) < 4.78 is 28.9. The molecule has 2 aliphatic rings. The summed E-state index contributed by atoms with van der Waals surface area (Å²) in [6, 6.07) is 3.84. The minimum absolute atomic E-state index is 0.0451. The molecule has 0 radical (unpaired) electrons. The standard InChI is InChI=1S/C19H24N2O7S/c1-13-5-4-8-16(18(13)21(24)25)19(23)28-11-17(22)20(14-6-2-3-7-14)15-9-10-29(26,27)12-15/h4-5,8,14-15H,2-3,6-7,9-12H2,1H3. The summed E-state index contributed by atoms with van der Waals surface area (Å²) in [5.41, 5.74) is -0.238. The molecule has 9 nitrogen and oxygen atoms in total. The van der Waals surface area contributed by atoms with Crippen molar-refractivity contribution < 1.29 is 27.7 Å². The minimum Gasteiger partial charge on any atom is -0.452 e. The van der Waals surface area contributed by atoms with Crippen LogP contribution in [-0.2, 0) is 19.4 Å². The summed E-state index contributed by atoms with van der Waals surface area (Å²) in [6.45, 7) is 0.944. The first-order valence-electron chi connectivity index (χ1n) is 9.62. The first kappa shape index (κ1) is 21.2. The van der Waals surface area contributed by atoms with Gasteiger partial charge in [-0.15, -0.1) is 0 Å². The lowest BCUT2D eigenvalue weighted by Crippen LogP contribution is -2.48. The van der Waals surface area contributed by atoms with E-state index in [1.54, 1.807) is 4.90 Å². The van der Waals surface area contributed by atoms with Crippen LogP contribution in [0.1, 0.15) is 48.0 Å². The lowest BCUT2D eigenvalue weighted by atomic mass is 10.1. The van der Waals surface area contributed by atoms with Crippen LogP contribution in [0.3, 0.4) is 0 Å². The molecule has 0 spiro atoms. The molecule has 1 aliphatic carbocycles. The number of amides is 1. The molecule has 0 aromatic heterocycles. The van der Waals surface area contributed by atoms with Crippen LogP contribution in [0.4, 0.5) is 5.69 Å². The van der Waals surface area contributed by atoms with E-state index in [9.17, 15) is 28.1 Å². The molecule has 0 bridgehead atoms. The number of nitrogens with zero attached hydrogens (tertiary/aromatic N) is 2. The lowest BCUT2D eigenvalue weighted by Gasteiger charge is -2.33. The molecule has 1 heterocycles. The zero-order chi connectivity index (χ0) is 21.2. The van der Waals surface area contributed by atoms with Gasteiger partial charge >= 0.3 is 5.97 Å². The Balaban J connectivity index is 1.73. The maximum absolute atomic E-state index is 12.9. The van der Waals surface area contributed by atoms with Crippen LogP contribution in [0, 0.1) is 17.0 Å². The molecule has 1 aromatic carbocycles. The summed E-state index contributed by atoms with van der Waals surface area (Å²) >= 11 is 0. The summed E-state index contributed by atoms with van der Waals surface area (Å²) in [5.74, 6) is -1.43. The van der Waals surface area contributed by atoms with E-state index in [2.05, 4.69) is 0 Å². The first-order chi connectivity index (χ1) is 13.7. The fraction of sp³-hybridized carbons (Fsp3) is 0.579. The smallest absolute Gasteiger partial charge is 0.345 e. The Morgan fingerprint density at radius 2 is 1.90 bits per heavy atom. The van der Waals surface area contributed by atoms with Crippen molar-refractivity contribution in [3.63, 3.8) is 0 Å². The van der Waals surface area contributed by atoms with Crippen LogP contribution in [-0.4, -0.2) is 60.3 Å². The van der Waals surface area contributed by atoms with Crippen molar-refractivity contribution in [2.75, 3.05) is 18.1 Å². The molecule has 10 heteroatoms. The first-order valence-corrected chi connectivity index (χ1v) is 11.4. The van der Waals surface area contributed by atoms with Gasteiger partial charge in [0.2, 0.25) is 0 Å². The summed E-state index contributed by atoms with van der Waals surface area (Å²) in [7, 11) is -3.17. The fourth-order valence-corrected chi connectivity index (χ4v) is 5.94. The third kappa shape index (κ3) is 4.75. The van der Waals surface area contributed by atoms with Gasteiger partial charge in [0.25, 0.3) is 11.6 Å². The fourth-order valence-electron chi connectivity index (χ4n) is 4.23. The van der Waals surface area contributed by atoms with Crippen LogP contribution in [0.25, 0.3) is 0 Å². The number of nitro groups is 1. The molecule has 1 aromatic rings. The van der Waals surface area contributed by atoms with Crippen LogP contribution < -0.4 is 0 Å². The minimum atomic E-state index is -3.17. The number of ether oxygens (including phenoxy) is 1. The predicted octanol–water partition coefficient (Wildman–Crippen LogP) is 2.02. The number of esters is 1. The van der Waals surface area contributed by atoms with E-state index >= 15 is 0 Å². The van der Waals surface area contributed by atoms with Gasteiger partial charge in [0.05, 0.1) is 16.4 Å². The molecule has 2 fully saturated rings. The van der Waals surface area contributed by atoms with Gasteiger partial charge < -0.3 is 9.64 Å². The van der Waals surface area contributed by atoms with Crippen LogP contribution in [0.15, 0.2) is 18.2 Å². The Labute approximate surface area is 169 Å². The van der Waals surface area contributed by atoms with E-state index in [-0.39, 0.29) is 28.8 Å². The van der Waals surface area contributed by atoms with Gasteiger partial charge in [-0.1, -0.05) is 25.0 Å². The number of sulfone groups is 1. The Kier molecular flexibility index (Phi) is 6.21. The molecular formula is C19H24N2O7S. The number of carbonyl (C=O) groups is 2. The molecule has 3 rings (SSSR count). The largest absolute Gasteiger partial charge is 0.452 e. The normalized spacial score (nSPS) is 21.1. The van der Waals surface area contributed by atoms with Crippen LogP contribution in [0.5, 0.6) is 0 Å². The van der Waals surface area contributed by atoms with Gasteiger partial charge in [-0.05, 0) is 32.3 Å². The number of aryl methyl sites for hydroxylation is 1. The number of rotatable bonds is 6. The second-order valence-corrected chi connectivity index (χ2v) is 9.83. The second kappa shape index (κ2) is 8.48. The highest BCUT2D eigenvalue weighted by atomic mass is 32.2. The Hall–Kier alpha value is -2.49. The lowest BCUT2D eigenvalue weighted by molar-refractivity contribution is -0.385. The molecule has 1 unspecified atom stereocenters. The van der Waals surface area contributed by atoms with Gasteiger partial charge in [-0.25, -0.2) is 13.2 Å². The van der Waals surface area contributed by atoms with Crippen molar-refractivity contribution >= 4 is 27.4 Å². The highest BCUT2D eigenvalue weighted by Gasteiger charge is 2.39. The maximum Gasteiger partial charge on any atom is 0.345 e. The van der Waals surface area contributed by atoms with Gasteiger partial charge in [0, 0.05) is 17.6 Å².